The van der Waals surface area contributed by atoms with Gasteiger partial charge in [-0.1, -0.05) is 24.3 Å². The van der Waals surface area contributed by atoms with E-state index in [1.807, 2.05) is 4.90 Å². The van der Waals surface area contributed by atoms with Crippen LogP contribution in [0, 0.1) is 0 Å². The number of ether oxygens (including phenoxy) is 4. The highest BCUT2D eigenvalue weighted by molar-refractivity contribution is 6.02. The van der Waals surface area contributed by atoms with E-state index in [0.717, 1.165) is 17.6 Å². The van der Waals surface area contributed by atoms with Crippen LogP contribution in [-0.2, 0) is 0 Å². The second-order valence-corrected chi connectivity index (χ2v) is 10.8. The SMILES string of the molecule is C=C1CC2CNc3cc(OCCOc4cc5c(cc4OC)C(=O)N4CC(=C)C[C@H]4[C@H](O)N5)c(OC)cc3C(=O)N2C1. The lowest BCUT2D eigenvalue weighted by Gasteiger charge is -2.24. The number of carbonyl (C=O) groups is 2. The van der Waals surface area contributed by atoms with Gasteiger partial charge >= 0.3 is 0 Å². The van der Waals surface area contributed by atoms with Gasteiger partial charge in [0.2, 0.25) is 0 Å². The van der Waals surface area contributed by atoms with E-state index in [9.17, 15) is 14.7 Å². The summed E-state index contributed by atoms with van der Waals surface area (Å²) in [5.41, 5.74) is 4.04. The summed E-state index contributed by atoms with van der Waals surface area (Å²) in [6.45, 7) is 9.95. The third-order valence-electron chi connectivity index (χ3n) is 8.04. The van der Waals surface area contributed by atoms with Crippen molar-refractivity contribution in [1.29, 1.82) is 0 Å². The Labute approximate surface area is 238 Å². The Kier molecular flexibility index (Phi) is 6.90. The Morgan fingerprint density at radius 2 is 1.39 bits per heavy atom. The summed E-state index contributed by atoms with van der Waals surface area (Å²) in [5, 5.41) is 17.2. The van der Waals surface area contributed by atoms with Crippen LogP contribution in [0.2, 0.25) is 0 Å². The molecule has 0 radical (unpaired) electrons. The molecule has 4 aliphatic rings. The lowest BCUT2D eigenvalue weighted by molar-refractivity contribution is 0.0581. The topological polar surface area (TPSA) is 122 Å². The zero-order valence-corrected chi connectivity index (χ0v) is 23.2. The second kappa shape index (κ2) is 10.5. The molecule has 2 aromatic rings. The van der Waals surface area contributed by atoms with E-state index in [0.29, 0.717) is 71.6 Å². The van der Waals surface area contributed by atoms with Gasteiger partial charge in [0.15, 0.2) is 23.0 Å². The molecule has 11 nitrogen and oxygen atoms in total. The third-order valence-corrected chi connectivity index (χ3v) is 8.04. The van der Waals surface area contributed by atoms with Gasteiger partial charge in [-0.2, -0.15) is 0 Å². The maximum atomic E-state index is 13.3. The molecule has 1 unspecified atom stereocenters. The van der Waals surface area contributed by atoms with E-state index in [1.54, 1.807) is 29.2 Å². The Hall–Kier alpha value is -4.38. The molecule has 11 heteroatoms. The summed E-state index contributed by atoms with van der Waals surface area (Å²) in [6, 6.07) is 6.45. The maximum Gasteiger partial charge on any atom is 0.256 e. The Morgan fingerprint density at radius 3 is 2.05 bits per heavy atom. The van der Waals surface area contributed by atoms with Crippen molar-refractivity contribution in [2.45, 2.75) is 31.2 Å². The Morgan fingerprint density at radius 1 is 0.829 bits per heavy atom. The van der Waals surface area contributed by atoms with Gasteiger partial charge in [0.1, 0.15) is 19.4 Å². The quantitative estimate of drug-likeness (QED) is 0.345. The van der Waals surface area contributed by atoms with E-state index < -0.39 is 6.23 Å². The molecule has 0 saturated carbocycles. The molecular weight excluding hydrogens is 528 g/mol. The predicted molar refractivity (Wildman–Crippen MR) is 152 cm³/mol. The molecule has 3 N–H and O–H groups in total. The number of aliphatic hydroxyl groups is 1. The molecule has 2 fully saturated rings. The van der Waals surface area contributed by atoms with Crippen LogP contribution in [0.3, 0.4) is 0 Å². The number of hydrogen-bond donors (Lipinski definition) is 3. The number of nitrogens with zero attached hydrogens (tertiary/aromatic N) is 2. The van der Waals surface area contributed by atoms with Crippen molar-refractivity contribution in [1.82, 2.24) is 9.80 Å². The molecule has 2 amide bonds. The fourth-order valence-corrected chi connectivity index (χ4v) is 6.01. The molecule has 41 heavy (non-hydrogen) atoms. The molecule has 0 bridgehead atoms. The number of aliphatic hydroxyl groups excluding tert-OH is 1. The number of carbonyl (C=O) groups excluding carboxylic acids is 2. The number of hydrogen-bond acceptors (Lipinski definition) is 9. The standard InChI is InChI=1S/C30H34N4O7/c1-16-7-18-13-31-21-11-26(24(38-3)9-19(21)29(36)33(18)14-16)40-5-6-41-27-12-22-20(10-25(27)39-4)30(37)34-15-17(2)8-23(34)28(35)32-22/h9-12,18,23,28,31-32,35H,1-2,5-8,13-15H2,3-4H3/t18?,23-,28-/m0/s1. The number of benzene rings is 2. The van der Waals surface area contributed by atoms with Gasteiger partial charge in [-0.3, -0.25) is 9.59 Å². The minimum absolute atomic E-state index is 0.0558. The normalized spacial score (nSPS) is 23.0. The second-order valence-electron chi connectivity index (χ2n) is 10.8. The number of nitrogens with one attached hydrogen (secondary N) is 2. The average Bonchev–Trinajstić information content (AvgIpc) is 3.49. The fraction of sp³-hybridized carbons (Fsp3) is 0.400. The van der Waals surface area contributed by atoms with Gasteiger partial charge in [0.05, 0.1) is 48.8 Å². The van der Waals surface area contributed by atoms with Crippen LogP contribution < -0.4 is 29.6 Å². The number of fused-ring (bicyclic) bond motifs is 4. The highest BCUT2D eigenvalue weighted by Crippen LogP contribution is 2.40. The fourth-order valence-electron chi connectivity index (χ4n) is 6.01. The van der Waals surface area contributed by atoms with E-state index in [2.05, 4.69) is 23.8 Å². The molecule has 6 rings (SSSR count). The van der Waals surface area contributed by atoms with Crippen LogP contribution in [0.5, 0.6) is 23.0 Å². The Bertz CT molecular complexity index is 1440. The zero-order chi connectivity index (χ0) is 28.8. The van der Waals surface area contributed by atoms with Crippen molar-refractivity contribution in [3.63, 3.8) is 0 Å². The van der Waals surface area contributed by atoms with Crippen molar-refractivity contribution in [2.24, 2.45) is 0 Å². The summed E-state index contributed by atoms with van der Waals surface area (Å²) in [4.78, 5) is 30.0. The predicted octanol–water partition coefficient (Wildman–Crippen LogP) is 2.87. The van der Waals surface area contributed by atoms with Gasteiger partial charge in [-0.25, -0.2) is 0 Å². The number of amides is 2. The first kappa shape index (κ1) is 26.8. The van der Waals surface area contributed by atoms with E-state index >= 15 is 0 Å². The summed E-state index contributed by atoms with van der Waals surface area (Å²) in [6.07, 6.45) is 0.379. The molecular formula is C30H34N4O7. The van der Waals surface area contributed by atoms with Gasteiger partial charge in [0, 0.05) is 31.8 Å². The van der Waals surface area contributed by atoms with E-state index in [4.69, 9.17) is 18.9 Å². The molecule has 3 atom stereocenters. The highest BCUT2D eigenvalue weighted by atomic mass is 16.5. The molecule has 0 spiro atoms. The van der Waals surface area contributed by atoms with Crippen molar-refractivity contribution in [3.05, 3.63) is 59.7 Å². The molecule has 216 valence electrons. The minimum Gasteiger partial charge on any atom is -0.493 e. The van der Waals surface area contributed by atoms with Crippen LogP contribution in [0.15, 0.2) is 48.6 Å². The molecule has 4 aliphatic heterocycles. The summed E-state index contributed by atoms with van der Waals surface area (Å²) in [5.74, 6) is 1.45. The van der Waals surface area contributed by atoms with Gasteiger partial charge in [0.25, 0.3) is 11.8 Å². The van der Waals surface area contributed by atoms with Crippen LogP contribution in [-0.4, -0.2) is 92.1 Å². The largest absolute Gasteiger partial charge is 0.493 e. The van der Waals surface area contributed by atoms with Crippen LogP contribution >= 0.6 is 0 Å². The van der Waals surface area contributed by atoms with E-state index in [1.165, 1.54) is 14.2 Å². The Balaban J connectivity index is 1.15. The average molecular weight is 563 g/mol. The first-order chi connectivity index (χ1) is 19.8. The van der Waals surface area contributed by atoms with Gasteiger partial charge in [-0.05, 0) is 25.0 Å². The first-order valence-electron chi connectivity index (χ1n) is 13.6. The molecule has 2 aromatic carbocycles. The number of rotatable bonds is 7. The van der Waals surface area contributed by atoms with Crippen molar-refractivity contribution < 1.29 is 33.6 Å². The van der Waals surface area contributed by atoms with Crippen molar-refractivity contribution >= 4 is 23.2 Å². The molecule has 2 saturated heterocycles. The number of methoxy groups -OCH3 is 2. The highest BCUT2D eigenvalue weighted by Gasteiger charge is 2.40. The first-order valence-corrected chi connectivity index (χ1v) is 13.6. The maximum absolute atomic E-state index is 13.3. The third kappa shape index (κ3) is 4.80. The minimum atomic E-state index is -0.944. The molecule has 0 aromatic heterocycles. The zero-order valence-electron chi connectivity index (χ0n) is 23.2. The van der Waals surface area contributed by atoms with Crippen molar-refractivity contribution in [2.75, 3.05) is 57.7 Å². The number of anilines is 2. The summed E-state index contributed by atoms with van der Waals surface area (Å²) < 4.78 is 23.1. The lowest BCUT2D eigenvalue weighted by atomic mass is 10.1. The smallest absolute Gasteiger partial charge is 0.256 e. The van der Waals surface area contributed by atoms with Crippen LogP contribution in [0.25, 0.3) is 0 Å². The molecule has 0 aliphatic carbocycles. The molecule has 4 heterocycles. The summed E-state index contributed by atoms with van der Waals surface area (Å²) in [7, 11) is 3.04. The summed E-state index contributed by atoms with van der Waals surface area (Å²) >= 11 is 0. The van der Waals surface area contributed by atoms with Gasteiger partial charge in [-0.15, -0.1) is 0 Å². The lowest BCUT2D eigenvalue weighted by Crippen LogP contribution is -2.43. The van der Waals surface area contributed by atoms with Crippen molar-refractivity contribution in [3.8, 4) is 23.0 Å². The van der Waals surface area contributed by atoms with Gasteiger partial charge < -0.3 is 44.5 Å². The van der Waals surface area contributed by atoms with E-state index in [-0.39, 0.29) is 37.1 Å². The van der Waals surface area contributed by atoms with Crippen LogP contribution in [0.1, 0.15) is 33.6 Å². The monoisotopic (exact) mass is 562 g/mol. The van der Waals surface area contributed by atoms with Crippen LogP contribution in [0.4, 0.5) is 11.4 Å².